The molecule has 0 radical (unpaired) electrons. The van der Waals surface area contributed by atoms with Gasteiger partial charge in [0.05, 0.1) is 0 Å². The van der Waals surface area contributed by atoms with Gasteiger partial charge in [-0.05, 0) is 20.3 Å². The molecule has 2 rings (SSSR count). The van der Waals surface area contributed by atoms with Crippen molar-refractivity contribution in [1.29, 1.82) is 0 Å². The van der Waals surface area contributed by atoms with Crippen LogP contribution in [0.2, 0.25) is 0 Å². The minimum atomic E-state index is -1.40. The van der Waals surface area contributed by atoms with Crippen LogP contribution >= 0.6 is 39.3 Å². The van der Waals surface area contributed by atoms with E-state index in [4.69, 9.17) is 21.1 Å². The fourth-order valence-electron chi connectivity index (χ4n) is 3.12. The molecular weight excluding hydrogens is 446 g/mol. The highest BCUT2D eigenvalue weighted by Gasteiger charge is 2.70. The minimum absolute atomic E-state index is 0.282. The highest BCUT2D eigenvalue weighted by molar-refractivity contribution is 9.11. The van der Waals surface area contributed by atoms with Crippen molar-refractivity contribution < 1.29 is 23.9 Å². The molecule has 3 atom stereocenters. The van der Waals surface area contributed by atoms with Crippen molar-refractivity contribution in [3.63, 3.8) is 0 Å². The molecular formula is C17H25BrClNO5S. The second kappa shape index (κ2) is 7.51. The Labute approximate surface area is 171 Å². The number of β-lactam (4-membered cyclic amide) rings is 1. The fourth-order valence-corrected chi connectivity index (χ4v) is 5.66. The Hall–Kier alpha value is -0.470. The fraction of sp³-hybridized carbons (Fsp3) is 0.824. The highest BCUT2D eigenvalue weighted by atomic mass is 79.9. The van der Waals surface area contributed by atoms with E-state index in [9.17, 15) is 14.4 Å². The van der Waals surface area contributed by atoms with Gasteiger partial charge < -0.3 is 14.4 Å². The lowest BCUT2D eigenvalue weighted by Crippen LogP contribution is -2.68. The van der Waals surface area contributed by atoms with Gasteiger partial charge in [0.1, 0.15) is 11.4 Å². The number of alkyl halides is 2. The first-order valence-corrected chi connectivity index (χ1v) is 10.7. The van der Waals surface area contributed by atoms with E-state index in [-0.39, 0.29) is 17.7 Å². The molecule has 0 aromatic carbocycles. The van der Waals surface area contributed by atoms with Gasteiger partial charge in [-0.25, -0.2) is 4.79 Å². The first kappa shape index (κ1) is 21.8. The van der Waals surface area contributed by atoms with Gasteiger partial charge >= 0.3 is 11.9 Å². The van der Waals surface area contributed by atoms with E-state index >= 15 is 0 Å². The number of nitrogens with zero attached hydrogens (tertiary/aromatic N) is 1. The van der Waals surface area contributed by atoms with Crippen LogP contribution in [0.4, 0.5) is 0 Å². The molecule has 2 heterocycles. The molecule has 0 bridgehead atoms. The number of fused-ring (bicyclic) bond motifs is 1. The number of thioether (sulfide) groups is 1. The monoisotopic (exact) mass is 469 g/mol. The molecule has 0 aromatic heterocycles. The quantitative estimate of drug-likeness (QED) is 0.185. The van der Waals surface area contributed by atoms with Gasteiger partial charge in [-0.15, -0.1) is 11.8 Å². The average molecular weight is 471 g/mol. The molecule has 0 unspecified atom stereocenters. The molecule has 0 aromatic rings. The zero-order chi connectivity index (χ0) is 19.9. The Morgan fingerprint density at radius 1 is 1.31 bits per heavy atom. The van der Waals surface area contributed by atoms with Crippen LogP contribution in [-0.2, 0) is 23.9 Å². The van der Waals surface area contributed by atoms with Crippen molar-refractivity contribution in [3.05, 3.63) is 0 Å². The summed E-state index contributed by atoms with van der Waals surface area (Å²) in [6, 6.07) is -0.799. The van der Waals surface area contributed by atoms with E-state index < -0.39 is 32.3 Å². The number of rotatable bonds is 7. The van der Waals surface area contributed by atoms with Crippen molar-refractivity contribution in [2.75, 3.05) is 0 Å². The number of hydrogen-bond donors (Lipinski definition) is 0. The van der Waals surface area contributed by atoms with Crippen molar-refractivity contribution in [3.8, 4) is 0 Å². The zero-order valence-corrected chi connectivity index (χ0v) is 18.8. The number of unbranched alkanes of at least 4 members (excludes halogenated alkanes) is 2. The molecule has 1 amide bonds. The first-order valence-electron chi connectivity index (χ1n) is 8.66. The molecule has 6 nitrogen and oxygen atoms in total. The SMILES string of the molecule is CCCCCC(=O)OC(C)(C)OC(=O)[C@@H]1N2C(=O)[C@@](Cl)(Br)[C@H]2SC1(C)C. The van der Waals surface area contributed by atoms with Gasteiger partial charge in [0, 0.05) is 25.0 Å². The summed E-state index contributed by atoms with van der Waals surface area (Å²) in [7, 11) is 0. The Balaban J connectivity index is 2.02. The summed E-state index contributed by atoms with van der Waals surface area (Å²) in [4.78, 5) is 38.4. The van der Waals surface area contributed by atoms with Gasteiger partial charge in [0.15, 0.2) is 0 Å². The van der Waals surface area contributed by atoms with E-state index in [2.05, 4.69) is 15.9 Å². The van der Waals surface area contributed by atoms with E-state index in [1.807, 2.05) is 20.8 Å². The minimum Gasteiger partial charge on any atom is -0.423 e. The molecule has 2 aliphatic rings. The van der Waals surface area contributed by atoms with Crippen LogP contribution in [0.25, 0.3) is 0 Å². The lowest BCUT2D eigenvalue weighted by molar-refractivity contribution is -0.221. The third kappa shape index (κ3) is 4.17. The molecule has 9 heteroatoms. The molecule has 0 N–H and O–H groups in total. The lowest BCUT2D eigenvalue weighted by Gasteiger charge is -2.46. The maximum absolute atomic E-state index is 12.8. The highest BCUT2D eigenvalue weighted by Crippen LogP contribution is 2.59. The summed E-state index contributed by atoms with van der Waals surface area (Å²) < 4.78 is 8.99. The van der Waals surface area contributed by atoms with Crippen LogP contribution < -0.4 is 0 Å². The molecule has 148 valence electrons. The largest absolute Gasteiger partial charge is 0.423 e. The van der Waals surface area contributed by atoms with Crippen molar-refractivity contribution in [2.45, 2.75) is 86.0 Å². The van der Waals surface area contributed by atoms with Crippen molar-refractivity contribution >= 4 is 57.1 Å². The third-order valence-electron chi connectivity index (χ3n) is 4.35. The number of carbonyl (C=O) groups excluding carboxylic acids is 3. The Bertz CT molecular complexity index is 610. The Morgan fingerprint density at radius 3 is 2.50 bits per heavy atom. The van der Waals surface area contributed by atoms with Crippen LogP contribution in [0.5, 0.6) is 0 Å². The van der Waals surface area contributed by atoms with E-state index in [0.29, 0.717) is 0 Å². The summed E-state index contributed by atoms with van der Waals surface area (Å²) in [6.45, 7) is 8.80. The molecule has 0 aliphatic carbocycles. The zero-order valence-electron chi connectivity index (χ0n) is 15.6. The summed E-state index contributed by atoms with van der Waals surface area (Å²) in [5.74, 6) is -2.78. The Kier molecular flexibility index (Phi) is 6.30. The molecule has 0 saturated carbocycles. The second-order valence-corrected chi connectivity index (χ2v) is 11.6. The smallest absolute Gasteiger partial charge is 0.333 e. The molecule has 0 spiro atoms. The first-order chi connectivity index (χ1) is 11.8. The van der Waals surface area contributed by atoms with Gasteiger partial charge in [-0.2, -0.15) is 0 Å². The number of carbonyl (C=O) groups is 3. The number of halogens is 2. The predicted molar refractivity (Wildman–Crippen MR) is 104 cm³/mol. The van der Waals surface area contributed by atoms with E-state index in [1.54, 1.807) is 0 Å². The maximum Gasteiger partial charge on any atom is 0.333 e. The summed E-state index contributed by atoms with van der Waals surface area (Å²) in [6.07, 6.45) is 2.96. The van der Waals surface area contributed by atoms with Gasteiger partial charge in [0.25, 0.3) is 11.7 Å². The van der Waals surface area contributed by atoms with Crippen LogP contribution in [0.3, 0.4) is 0 Å². The van der Waals surface area contributed by atoms with Crippen LogP contribution in [-0.4, -0.2) is 48.5 Å². The molecule has 2 fully saturated rings. The predicted octanol–water partition coefficient (Wildman–Crippen LogP) is 3.78. The summed E-state index contributed by atoms with van der Waals surface area (Å²) in [5, 5.41) is -0.357. The standard InChI is InChI=1S/C17H25BrClNO5S/c1-6-7-8-9-10(21)24-16(4,5)25-12(22)11-15(2,3)26-14-17(18,19)13(23)20(11)14/h11,14H,6-9H2,1-5H3/t11-,14+,17-/m0/s1. The van der Waals surface area contributed by atoms with E-state index in [0.717, 1.165) is 19.3 Å². The molecule has 26 heavy (non-hydrogen) atoms. The Morgan fingerprint density at radius 2 is 1.92 bits per heavy atom. The van der Waals surface area contributed by atoms with Crippen LogP contribution in [0.1, 0.15) is 60.3 Å². The summed E-state index contributed by atoms with van der Waals surface area (Å²) in [5.41, 5.74) is 0. The third-order valence-corrected chi connectivity index (χ3v) is 7.56. The average Bonchev–Trinajstić information content (AvgIpc) is 2.76. The molecule has 2 aliphatic heterocycles. The van der Waals surface area contributed by atoms with E-state index in [1.165, 1.54) is 30.5 Å². The lowest BCUT2D eigenvalue weighted by atomic mass is 9.98. The van der Waals surface area contributed by atoms with Gasteiger partial charge in [0.2, 0.25) is 3.78 Å². The maximum atomic E-state index is 12.8. The van der Waals surface area contributed by atoms with Gasteiger partial charge in [-0.1, -0.05) is 47.3 Å². The topological polar surface area (TPSA) is 72.9 Å². The number of ether oxygens (including phenoxy) is 2. The normalized spacial score (nSPS) is 29.8. The second-order valence-electron chi connectivity index (χ2n) is 7.56. The molecule has 2 saturated heterocycles. The number of hydrogen-bond acceptors (Lipinski definition) is 6. The van der Waals surface area contributed by atoms with Gasteiger partial charge in [-0.3, -0.25) is 9.59 Å². The van der Waals surface area contributed by atoms with Crippen LogP contribution in [0.15, 0.2) is 0 Å². The number of esters is 2. The van der Waals surface area contributed by atoms with Crippen LogP contribution in [0, 0.1) is 0 Å². The van der Waals surface area contributed by atoms with Crippen molar-refractivity contribution in [1.82, 2.24) is 4.90 Å². The van der Waals surface area contributed by atoms with Crippen molar-refractivity contribution in [2.24, 2.45) is 0 Å². The summed E-state index contributed by atoms with van der Waals surface area (Å²) >= 11 is 10.9. The number of amides is 1.